The summed E-state index contributed by atoms with van der Waals surface area (Å²) in [6.07, 6.45) is 5.12. The minimum absolute atomic E-state index is 0.382. The van der Waals surface area contributed by atoms with E-state index in [4.69, 9.17) is 4.74 Å². The van der Waals surface area contributed by atoms with Crippen molar-refractivity contribution in [3.05, 3.63) is 57.1 Å². The molecule has 0 atom stereocenters. The number of ether oxygens (including phenoxy) is 1. The van der Waals surface area contributed by atoms with Crippen LogP contribution in [0.3, 0.4) is 0 Å². The van der Waals surface area contributed by atoms with Gasteiger partial charge in [-0.2, -0.15) is 5.26 Å². The first-order valence-corrected chi connectivity index (χ1v) is 11.2. The van der Waals surface area contributed by atoms with Gasteiger partial charge in [0.05, 0.1) is 22.3 Å². The van der Waals surface area contributed by atoms with E-state index in [1.165, 1.54) is 16.2 Å². The molecule has 1 N–H and O–H groups in total. The highest BCUT2D eigenvalue weighted by Crippen LogP contribution is 2.37. The second-order valence-electron chi connectivity index (χ2n) is 7.72. The van der Waals surface area contributed by atoms with Gasteiger partial charge in [0.2, 0.25) is 0 Å². The molecule has 1 amide bonds. The molecule has 0 aliphatic heterocycles. The van der Waals surface area contributed by atoms with Crippen LogP contribution in [0.1, 0.15) is 56.9 Å². The molecule has 6 nitrogen and oxygen atoms in total. The van der Waals surface area contributed by atoms with E-state index in [2.05, 4.69) is 16.4 Å². The number of pyridine rings is 1. The van der Waals surface area contributed by atoms with E-state index in [1.54, 1.807) is 6.92 Å². The summed E-state index contributed by atoms with van der Waals surface area (Å²) in [6, 6.07) is 9.84. The second kappa shape index (κ2) is 8.86. The largest absolute Gasteiger partial charge is 0.452 e. The van der Waals surface area contributed by atoms with E-state index in [0.29, 0.717) is 21.8 Å². The number of esters is 1. The zero-order chi connectivity index (χ0) is 22.0. The number of para-hydroxylation sites is 1. The topological polar surface area (TPSA) is 92.1 Å². The average molecular weight is 434 g/mol. The van der Waals surface area contributed by atoms with Crippen LogP contribution >= 0.6 is 11.3 Å². The highest BCUT2D eigenvalue weighted by molar-refractivity contribution is 7.16. The van der Waals surface area contributed by atoms with E-state index in [1.807, 2.05) is 31.2 Å². The van der Waals surface area contributed by atoms with Gasteiger partial charge in [-0.15, -0.1) is 11.3 Å². The number of hydrogen-bond acceptors (Lipinski definition) is 6. The fraction of sp³-hybridized carbons (Fsp3) is 0.333. The van der Waals surface area contributed by atoms with Crippen molar-refractivity contribution in [1.29, 1.82) is 5.26 Å². The Hall–Kier alpha value is -3.24. The molecule has 158 valence electrons. The third-order valence-electron chi connectivity index (χ3n) is 5.66. The molecule has 1 aliphatic carbocycles. The maximum absolute atomic E-state index is 12.7. The summed E-state index contributed by atoms with van der Waals surface area (Å²) < 4.78 is 5.30. The first-order valence-electron chi connectivity index (χ1n) is 10.4. The van der Waals surface area contributed by atoms with Crippen LogP contribution in [0, 0.1) is 25.2 Å². The first kappa shape index (κ1) is 21.0. The molecule has 4 rings (SSSR count). The zero-order valence-corrected chi connectivity index (χ0v) is 18.4. The monoisotopic (exact) mass is 433 g/mol. The molecule has 0 bridgehead atoms. The molecule has 0 saturated carbocycles. The van der Waals surface area contributed by atoms with Gasteiger partial charge >= 0.3 is 5.97 Å². The van der Waals surface area contributed by atoms with Crippen LogP contribution in [0.25, 0.3) is 10.9 Å². The van der Waals surface area contributed by atoms with Crippen LogP contribution in [0.2, 0.25) is 0 Å². The molecule has 0 radical (unpaired) electrons. The summed E-state index contributed by atoms with van der Waals surface area (Å²) >= 11 is 1.46. The number of nitrogens with one attached hydrogen (secondary N) is 1. The number of nitrogens with zero attached hydrogens (tertiary/aromatic N) is 2. The molecular formula is C24H23N3O3S. The van der Waals surface area contributed by atoms with Gasteiger partial charge < -0.3 is 10.1 Å². The Morgan fingerprint density at radius 1 is 1.19 bits per heavy atom. The molecule has 3 aromatic rings. The Morgan fingerprint density at radius 2 is 1.97 bits per heavy atom. The number of carbonyl (C=O) groups excluding carboxylic acids is 2. The van der Waals surface area contributed by atoms with E-state index in [0.717, 1.165) is 54.1 Å². The van der Waals surface area contributed by atoms with Gasteiger partial charge in [0.25, 0.3) is 5.91 Å². The van der Waals surface area contributed by atoms with Crippen molar-refractivity contribution in [3.63, 3.8) is 0 Å². The summed E-state index contributed by atoms with van der Waals surface area (Å²) in [4.78, 5) is 30.8. The van der Waals surface area contributed by atoms with Gasteiger partial charge in [-0.3, -0.25) is 9.78 Å². The molecule has 0 unspecified atom stereocenters. The fourth-order valence-electron chi connectivity index (χ4n) is 4.15. The zero-order valence-electron chi connectivity index (χ0n) is 17.6. The van der Waals surface area contributed by atoms with Crippen molar-refractivity contribution in [2.45, 2.75) is 46.0 Å². The van der Waals surface area contributed by atoms with Gasteiger partial charge in [-0.1, -0.05) is 24.6 Å². The lowest BCUT2D eigenvalue weighted by molar-refractivity contribution is -0.119. The number of benzene rings is 1. The molecule has 31 heavy (non-hydrogen) atoms. The number of fused-ring (bicyclic) bond motifs is 2. The smallest absolute Gasteiger partial charge is 0.340 e. The van der Waals surface area contributed by atoms with Gasteiger partial charge in [-0.05, 0) is 56.7 Å². The highest BCUT2D eigenvalue weighted by Gasteiger charge is 2.22. The first-order chi connectivity index (χ1) is 15.0. The number of amides is 1. The maximum Gasteiger partial charge on any atom is 0.340 e. The molecule has 0 spiro atoms. The number of aromatic nitrogens is 1. The van der Waals surface area contributed by atoms with Crippen molar-refractivity contribution in [1.82, 2.24) is 4.98 Å². The molecule has 1 aromatic carbocycles. The number of anilines is 1. The summed E-state index contributed by atoms with van der Waals surface area (Å²) in [5.41, 5.74) is 4.15. The Labute approximate surface area is 184 Å². The van der Waals surface area contributed by atoms with Crippen LogP contribution in [0.15, 0.2) is 24.3 Å². The van der Waals surface area contributed by atoms with Crippen LogP contribution in [0.5, 0.6) is 0 Å². The Morgan fingerprint density at radius 3 is 2.77 bits per heavy atom. The van der Waals surface area contributed by atoms with E-state index in [9.17, 15) is 14.9 Å². The average Bonchev–Trinajstić information content (AvgIpc) is 2.91. The van der Waals surface area contributed by atoms with Crippen LogP contribution < -0.4 is 5.32 Å². The Bertz CT molecular complexity index is 1220. The molecule has 2 heterocycles. The predicted molar refractivity (Wildman–Crippen MR) is 120 cm³/mol. The SMILES string of the molecule is Cc1nc2ccccc2c(C)c1C(=O)OCC(=O)Nc1sc2c(c1C#N)CCCCC2. The number of aryl methyl sites for hydroxylation is 3. The normalized spacial score (nSPS) is 13.2. The number of nitriles is 1. The molecule has 7 heteroatoms. The Balaban J connectivity index is 1.47. The summed E-state index contributed by atoms with van der Waals surface area (Å²) in [5, 5.41) is 13.8. The number of thiophene rings is 1. The second-order valence-corrected chi connectivity index (χ2v) is 8.82. The Kier molecular flexibility index (Phi) is 6.01. The van der Waals surface area contributed by atoms with Crippen molar-refractivity contribution in [2.24, 2.45) is 0 Å². The van der Waals surface area contributed by atoms with Gasteiger partial charge in [0.15, 0.2) is 6.61 Å². The maximum atomic E-state index is 12.7. The quantitative estimate of drug-likeness (QED) is 0.469. The molecule has 0 saturated heterocycles. The fourth-order valence-corrected chi connectivity index (χ4v) is 5.40. The van der Waals surface area contributed by atoms with Gasteiger partial charge in [0, 0.05) is 10.3 Å². The molecular weight excluding hydrogens is 410 g/mol. The van der Waals surface area contributed by atoms with Crippen LogP contribution in [-0.2, 0) is 22.4 Å². The van der Waals surface area contributed by atoms with E-state index < -0.39 is 18.5 Å². The molecule has 1 aliphatic rings. The highest BCUT2D eigenvalue weighted by atomic mass is 32.1. The molecule has 2 aromatic heterocycles. The van der Waals surface area contributed by atoms with E-state index in [-0.39, 0.29) is 0 Å². The van der Waals surface area contributed by atoms with Crippen molar-refractivity contribution >= 4 is 39.1 Å². The molecule has 0 fully saturated rings. The predicted octanol–water partition coefficient (Wildman–Crippen LogP) is 4.85. The lowest BCUT2D eigenvalue weighted by Crippen LogP contribution is -2.22. The number of carbonyl (C=O) groups is 2. The minimum Gasteiger partial charge on any atom is -0.452 e. The summed E-state index contributed by atoms with van der Waals surface area (Å²) in [6.45, 7) is 3.19. The minimum atomic E-state index is -0.578. The third kappa shape index (κ3) is 4.17. The summed E-state index contributed by atoms with van der Waals surface area (Å²) in [7, 11) is 0. The van der Waals surface area contributed by atoms with Crippen molar-refractivity contribution < 1.29 is 14.3 Å². The lowest BCUT2D eigenvalue weighted by Gasteiger charge is -2.12. The van der Waals surface area contributed by atoms with Crippen LogP contribution in [-0.4, -0.2) is 23.5 Å². The van der Waals surface area contributed by atoms with Gasteiger partial charge in [0.1, 0.15) is 11.1 Å². The standard InChI is InChI=1S/C24H23N3O3S/c1-14-16-8-6-7-10-19(16)26-15(2)22(14)24(29)30-13-21(28)27-23-18(12-25)17-9-4-3-5-11-20(17)31-23/h6-8,10H,3-5,9,11,13H2,1-2H3,(H,27,28). The van der Waals surface area contributed by atoms with E-state index >= 15 is 0 Å². The van der Waals surface area contributed by atoms with Crippen molar-refractivity contribution in [2.75, 3.05) is 11.9 Å². The lowest BCUT2D eigenvalue weighted by atomic mass is 10.0. The number of rotatable bonds is 4. The van der Waals surface area contributed by atoms with Crippen molar-refractivity contribution in [3.8, 4) is 6.07 Å². The third-order valence-corrected chi connectivity index (χ3v) is 6.86. The van der Waals surface area contributed by atoms with Gasteiger partial charge in [-0.25, -0.2) is 4.79 Å². The summed E-state index contributed by atoms with van der Waals surface area (Å²) in [5.74, 6) is -1.03. The van der Waals surface area contributed by atoms with Crippen LogP contribution in [0.4, 0.5) is 5.00 Å². The number of hydrogen-bond donors (Lipinski definition) is 1.